The first-order valence-electron chi connectivity index (χ1n) is 10.9. The zero-order chi connectivity index (χ0) is 21.7. The number of rotatable bonds is 5. The number of aryl methyl sites for hydroxylation is 1. The van der Waals surface area contributed by atoms with Crippen molar-refractivity contribution < 1.29 is 14.3 Å². The van der Waals surface area contributed by atoms with Crippen LogP contribution in [0.2, 0.25) is 0 Å². The number of nitrogens with zero attached hydrogens (tertiary/aromatic N) is 2. The quantitative estimate of drug-likeness (QED) is 0.758. The Labute approximate surface area is 187 Å². The molecule has 3 amide bonds. The third kappa shape index (κ3) is 4.82. The second kappa shape index (κ2) is 9.64. The van der Waals surface area contributed by atoms with Gasteiger partial charge in [-0.25, -0.2) is 4.79 Å². The van der Waals surface area contributed by atoms with Gasteiger partial charge in [-0.3, -0.25) is 4.79 Å². The molecular weight excluding hydrogens is 410 g/mol. The van der Waals surface area contributed by atoms with Crippen LogP contribution in [0.5, 0.6) is 5.75 Å². The number of para-hydroxylation sites is 2. The molecular formula is C24H29N3O3S. The fourth-order valence-electron chi connectivity index (χ4n) is 4.32. The number of ether oxygens (including phenoxy) is 1. The van der Waals surface area contributed by atoms with E-state index < -0.39 is 0 Å². The standard InChI is InChI=1S/C24H29N3O3S/c1-2-19-8-6-7-11-21(19)25-23(29)26-14-12-24(13-15-26)27(16-17-31-24)22(28)18-30-20-9-4-3-5-10-20/h3-11H,2,12-18H2,1H3,(H,25,29). The number of hydrogen-bond acceptors (Lipinski definition) is 4. The van der Waals surface area contributed by atoms with Gasteiger partial charge in [0.25, 0.3) is 5.91 Å². The topological polar surface area (TPSA) is 61.9 Å². The molecule has 2 aliphatic rings. The Bertz CT molecular complexity index is 913. The predicted octanol–water partition coefficient (Wildman–Crippen LogP) is 4.23. The van der Waals surface area contributed by atoms with Crippen molar-refractivity contribution in [3.8, 4) is 5.75 Å². The van der Waals surface area contributed by atoms with Gasteiger partial charge < -0.3 is 19.9 Å². The van der Waals surface area contributed by atoms with Crippen LogP contribution in [0.25, 0.3) is 0 Å². The zero-order valence-corrected chi connectivity index (χ0v) is 18.7. The molecule has 0 aliphatic carbocycles. The number of anilines is 1. The summed E-state index contributed by atoms with van der Waals surface area (Å²) in [5.41, 5.74) is 2.01. The molecule has 7 heteroatoms. The average molecular weight is 440 g/mol. The Morgan fingerprint density at radius 3 is 2.48 bits per heavy atom. The molecule has 0 radical (unpaired) electrons. The van der Waals surface area contributed by atoms with Gasteiger partial charge in [-0.05, 0) is 43.0 Å². The molecule has 0 unspecified atom stereocenters. The maximum Gasteiger partial charge on any atom is 0.321 e. The van der Waals surface area contributed by atoms with Crippen LogP contribution in [-0.2, 0) is 11.2 Å². The smallest absolute Gasteiger partial charge is 0.321 e. The number of amides is 3. The molecule has 2 fully saturated rings. The Kier molecular flexibility index (Phi) is 6.70. The van der Waals surface area contributed by atoms with E-state index in [0.717, 1.165) is 42.8 Å². The highest BCUT2D eigenvalue weighted by atomic mass is 32.2. The van der Waals surface area contributed by atoms with Crippen LogP contribution >= 0.6 is 11.8 Å². The molecule has 0 saturated carbocycles. The highest BCUT2D eigenvalue weighted by Gasteiger charge is 2.46. The van der Waals surface area contributed by atoms with Gasteiger partial charge in [0, 0.05) is 31.1 Å². The number of hydrogen-bond donors (Lipinski definition) is 1. The lowest BCUT2D eigenvalue weighted by atomic mass is 10.0. The number of benzene rings is 2. The SMILES string of the molecule is CCc1ccccc1NC(=O)N1CCC2(CC1)SCCN2C(=O)COc1ccccc1. The fraction of sp³-hybridized carbons (Fsp3) is 0.417. The largest absolute Gasteiger partial charge is 0.484 e. The number of urea groups is 1. The lowest BCUT2D eigenvalue weighted by Gasteiger charge is -2.44. The fourth-order valence-corrected chi connectivity index (χ4v) is 5.79. The second-order valence-corrected chi connectivity index (χ2v) is 9.33. The van der Waals surface area contributed by atoms with Gasteiger partial charge in [0.2, 0.25) is 0 Å². The molecule has 2 aromatic rings. The summed E-state index contributed by atoms with van der Waals surface area (Å²) in [5.74, 6) is 1.65. The Balaban J connectivity index is 1.34. The van der Waals surface area contributed by atoms with Crippen molar-refractivity contribution in [3.63, 3.8) is 0 Å². The number of piperidine rings is 1. The molecule has 2 aromatic carbocycles. The molecule has 1 N–H and O–H groups in total. The predicted molar refractivity (Wildman–Crippen MR) is 124 cm³/mol. The minimum Gasteiger partial charge on any atom is -0.484 e. The van der Waals surface area contributed by atoms with Crippen LogP contribution in [0.15, 0.2) is 54.6 Å². The summed E-state index contributed by atoms with van der Waals surface area (Å²) in [6, 6.07) is 17.3. The van der Waals surface area contributed by atoms with Crippen LogP contribution in [0.1, 0.15) is 25.3 Å². The number of nitrogens with one attached hydrogen (secondary N) is 1. The van der Waals surface area contributed by atoms with Crippen LogP contribution in [0.4, 0.5) is 10.5 Å². The molecule has 6 nitrogen and oxygen atoms in total. The average Bonchev–Trinajstić information content (AvgIpc) is 3.22. The molecule has 0 atom stereocenters. The second-order valence-electron chi connectivity index (χ2n) is 7.87. The first-order valence-corrected chi connectivity index (χ1v) is 11.9. The van der Waals surface area contributed by atoms with E-state index in [0.29, 0.717) is 18.8 Å². The summed E-state index contributed by atoms with van der Waals surface area (Å²) in [7, 11) is 0. The maximum absolute atomic E-state index is 12.9. The highest BCUT2D eigenvalue weighted by Crippen LogP contribution is 2.44. The summed E-state index contributed by atoms with van der Waals surface area (Å²) in [6.07, 6.45) is 2.42. The van der Waals surface area contributed by atoms with E-state index in [4.69, 9.17) is 4.74 Å². The van der Waals surface area contributed by atoms with Gasteiger partial charge >= 0.3 is 6.03 Å². The molecule has 2 heterocycles. The summed E-state index contributed by atoms with van der Waals surface area (Å²) >= 11 is 1.84. The number of thioether (sulfide) groups is 1. The van der Waals surface area contributed by atoms with E-state index in [9.17, 15) is 9.59 Å². The van der Waals surface area contributed by atoms with Gasteiger partial charge in [-0.1, -0.05) is 43.3 Å². The van der Waals surface area contributed by atoms with E-state index in [1.807, 2.05) is 76.2 Å². The number of carbonyl (C=O) groups is 2. The number of likely N-dealkylation sites (tertiary alicyclic amines) is 1. The van der Waals surface area contributed by atoms with Gasteiger partial charge in [0.05, 0.1) is 4.87 Å². The molecule has 2 aliphatic heterocycles. The van der Waals surface area contributed by atoms with Gasteiger partial charge in [0.1, 0.15) is 5.75 Å². The molecule has 1 spiro atoms. The summed E-state index contributed by atoms with van der Waals surface area (Å²) in [6.45, 7) is 4.13. The summed E-state index contributed by atoms with van der Waals surface area (Å²) < 4.78 is 5.69. The van der Waals surface area contributed by atoms with Crippen LogP contribution < -0.4 is 10.1 Å². The minimum atomic E-state index is -0.227. The maximum atomic E-state index is 12.9. The Hall–Kier alpha value is -2.67. The first kappa shape index (κ1) is 21.6. The Morgan fingerprint density at radius 2 is 1.74 bits per heavy atom. The van der Waals surface area contributed by atoms with Gasteiger partial charge in [-0.2, -0.15) is 0 Å². The number of carbonyl (C=O) groups excluding carboxylic acids is 2. The first-order chi connectivity index (χ1) is 15.1. The zero-order valence-electron chi connectivity index (χ0n) is 17.9. The molecule has 0 aromatic heterocycles. The lowest BCUT2D eigenvalue weighted by Crippen LogP contribution is -2.55. The van der Waals surface area contributed by atoms with Crippen molar-refractivity contribution in [1.82, 2.24) is 9.80 Å². The van der Waals surface area contributed by atoms with E-state index in [1.165, 1.54) is 0 Å². The molecule has 2 saturated heterocycles. The molecule has 0 bridgehead atoms. The third-order valence-electron chi connectivity index (χ3n) is 6.06. The van der Waals surface area contributed by atoms with Crippen molar-refractivity contribution in [3.05, 3.63) is 60.2 Å². The van der Waals surface area contributed by atoms with Crippen molar-refractivity contribution in [2.24, 2.45) is 0 Å². The van der Waals surface area contributed by atoms with Crippen LogP contribution in [0, 0.1) is 0 Å². The van der Waals surface area contributed by atoms with Gasteiger partial charge in [0.15, 0.2) is 6.61 Å². The minimum absolute atomic E-state index is 0.0172. The van der Waals surface area contributed by atoms with Crippen molar-refractivity contribution in [1.29, 1.82) is 0 Å². The Morgan fingerprint density at radius 1 is 1.03 bits per heavy atom. The van der Waals surface area contributed by atoms with Crippen molar-refractivity contribution in [2.75, 3.05) is 37.3 Å². The van der Waals surface area contributed by atoms with E-state index in [1.54, 1.807) is 0 Å². The molecule has 31 heavy (non-hydrogen) atoms. The van der Waals surface area contributed by atoms with Crippen LogP contribution in [-0.4, -0.2) is 58.6 Å². The summed E-state index contributed by atoms with van der Waals surface area (Å²) in [4.78, 5) is 29.3. The molecule has 164 valence electrons. The highest BCUT2D eigenvalue weighted by molar-refractivity contribution is 8.00. The normalized spacial score (nSPS) is 17.6. The lowest BCUT2D eigenvalue weighted by molar-refractivity contribution is -0.136. The monoisotopic (exact) mass is 439 g/mol. The summed E-state index contributed by atoms with van der Waals surface area (Å²) in [5, 5.41) is 3.06. The van der Waals surface area contributed by atoms with Crippen molar-refractivity contribution in [2.45, 2.75) is 31.1 Å². The van der Waals surface area contributed by atoms with Crippen molar-refractivity contribution >= 4 is 29.4 Å². The van der Waals surface area contributed by atoms with E-state index in [2.05, 4.69) is 12.2 Å². The van der Waals surface area contributed by atoms with E-state index in [-0.39, 0.29) is 23.4 Å². The van der Waals surface area contributed by atoms with Gasteiger partial charge in [-0.15, -0.1) is 11.8 Å². The molecule has 4 rings (SSSR count). The van der Waals surface area contributed by atoms with Crippen LogP contribution in [0.3, 0.4) is 0 Å². The van der Waals surface area contributed by atoms with E-state index >= 15 is 0 Å². The third-order valence-corrected chi connectivity index (χ3v) is 7.61.